The number of aryl methyl sites for hydroxylation is 2. The molecule has 0 saturated heterocycles. The number of methoxy groups -OCH3 is 1. The third-order valence-corrected chi connectivity index (χ3v) is 5.93. The number of carbonyl (C=O) groups is 1. The summed E-state index contributed by atoms with van der Waals surface area (Å²) in [5.74, 6) is -0.181. The van der Waals surface area contributed by atoms with E-state index in [1.807, 2.05) is 0 Å². The van der Waals surface area contributed by atoms with Gasteiger partial charge in [-0.05, 0) is 72.9 Å². The van der Waals surface area contributed by atoms with Gasteiger partial charge in [-0.1, -0.05) is 6.07 Å². The zero-order valence-corrected chi connectivity index (χ0v) is 18.9. The van der Waals surface area contributed by atoms with Gasteiger partial charge in [-0.3, -0.25) is 4.79 Å². The van der Waals surface area contributed by atoms with Crippen molar-refractivity contribution in [3.8, 4) is 0 Å². The summed E-state index contributed by atoms with van der Waals surface area (Å²) in [4.78, 5) is 12.2. The Morgan fingerprint density at radius 3 is 2.32 bits per heavy atom. The van der Waals surface area contributed by atoms with Gasteiger partial charge >= 0.3 is 51.4 Å². The molecule has 8 heteroatoms. The first-order chi connectivity index (χ1) is 11.5. The molecule has 0 unspecified atom stereocenters. The summed E-state index contributed by atoms with van der Waals surface area (Å²) in [5.41, 5.74) is 5.72. The number of sulfonamides is 1. The number of amides is 2. The maximum absolute atomic E-state index is 12.2. The van der Waals surface area contributed by atoms with E-state index in [-0.39, 0.29) is 57.1 Å². The smallest absolute Gasteiger partial charge is 0.423 e. The molecule has 0 spiro atoms. The minimum absolute atomic E-state index is 0. The van der Waals surface area contributed by atoms with Crippen molar-refractivity contribution in [1.82, 2.24) is 0 Å². The van der Waals surface area contributed by atoms with E-state index in [2.05, 4.69) is 16.1 Å². The second kappa shape index (κ2) is 9.30. The second-order valence-corrected chi connectivity index (χ2v) is 8.14. The molecule has 0 aromatic heterocycles. The minimum Gasteiger partial charge on any atom is -0.423 e. The van der Waals surface area contributed by atoms with Gasteiger partial charge in [0.25, 0.3) is 0 Å². The normalized spacial score (nSPS) is 15.2. The molecule has 3 rings (SSSR count). The molecule has 0 fully saturated rings. The molecule has 0 bridgehead atoms. The Morgan fingerprint density at radius 1 is 1.16 bits per heavy atom. The van der Waals surface area contributed by atoms with Crippen LogP contribution in [0.2, 0.25) is 0 Å². The molecule has 1 aromatic carbocycles. The fourth-order valence-electron chi connectivity index (χ4n) is 3.65. The Labute approximate surface area is 191 Å². The van der Waals surface area contributed by atoms with E-state index in [9.17, 15) is 13.2 Å². The maximum Gasteiger partial charge on any atom is 1.00 e. The van der Waals surface area contributed by atoms with Crippen LogP contribution in [0.25, 0.3) is 4.72 Å². The van der Waals surface area contributed by atoms with Crippen LogP contribution in [0.1, 0.15) is 41.5 Å². The summed E-state index contributed by atoms with van der Waals surface area (Å²) >= 11 is 0. The molecule has 1 N–H and O–H groups in total. The summed E-state index contributed by atoms with van der Waals surface area (Å²) in [6.45, 7) is 0.329. The van der Waals surface area contributed by atoms with E-state index in [4.69, 9.17) is 4.74 Å². The van der Waals surface area contributed by atoms with Crippen LogP contribution in [0, 0.1) is 0 Å². The van der Waals surface area contributed by atoms with Crippen LogP contribution in [0.4, 0.5) is 10.5 Å². The third-order valence-electron chi connectivity index (χ3n) is 4.68. The van der Waals surface area contributed by atoms with Crippen LogP contribution >= 0.6 is 0 Å². The van der Waals surface area contributed by atoms with Gasteiger partial charge in [0.05, 0.1) is 5.75 Å². The van der Waals surface area contributed by atoms with Crippen molar-refractivity contribution in [2.24, 2.45) is 0 Å². The number of nitrogens with one attached hydrogen (secondary N) is 1. The van der Waals surface area contributed by atoms with E-state index in [0.29, 0.717) is 13.0 Å². The fourth-order valence-corrected chi connectivity index (χ4v) is 4.53. The first kappa shape index (κ1) is 21.3. The molecule has 25 heavy (non-hydrogen) atoms. The zero-order valence-electron chi connectivity index (χ0n) is 14.9. The Balaban J connectivity index is 0.00000225. The van der Waals surface area contributed by atoms with E-state index in [1.54, 1.807) is 0 Å². The average Bonchev–Trinajstić information content (AvgIpc) is 3.15. The molecule has 132 valence electrons. The average molecular weight is 391 g/mol. The van der Waals surface area contributed by atoms with Crippen LogP contribution in [0.5, 0.6) is 0 Å². The van der Waals surface area contributed by atoms with E-state index in [0.717, 1.165) is 55.3 Å². The van der Waals surface area contributed by atoms with E-state index < -0.39 is 16.1 Å². The number of urea groups is 1. The van der Waals surface area contributed by atoms with Crippen molar-refractivity contribution < 1.29 is 69.3 Å². The van der Waals surface area contributed by atoms with Gasteiger partial charge in [-0.2, -0.15) is 0 Å². The predicted octanol–water partition coefficient (Wildman–Crippen LogP) is -0.0601. The molecule has 6 nitrogen and oxygen atoms in total. The maximum atomic E-state index is 12.2. The van der Waals surface area contributed by atoms with Crippen LogP contribution in [-0.2, 0) is 40.4 Å². The van der Waals surface area contributed by atoms with Gasteiger partial charge in [0, 0.05) is 13.7 Å². The van der Waals surface area contributed by atoms with Crippen LogP contribution in [0.3, 0.4) is 0 Å². The van der Waals surface area contributed by atoms with Crippen molar-refractivity contribution >= 4 is 21.7 Å². The molecule has 0 radical (unpaired) electrons. The summed E-state index contributed by atoms with van der Waals surface area (Å²) in [6.07, 6.45) is 6.39. The predicted molar refractivity (Wildman–Crippen MR) is 93.1 cm³/mol. The molecule has 0 atom stereocenters. The first-order valence-corrected chi connectivity index (χ1v) is 10.0. The van der Waals surface area contributed by atoms with Gasteiger partial charge in [0.2, 0.25) is 0 Å². The number of rotatable bonds is 6. The van der Waals surface area contributed by atoms with Crippen molar-refractivity contribution in [3.05, 3.63) is 33.0 Å². The second-order valence-electron chi connectivity index (χ2n) is 6.39. The Morgan fingerprint density at radius 2 is 1.76 bits per heavy atom. The molecular formula is C17H23KN2O4S. The number of fused-ring (bicyclic) bond motifs is 2. The number of nitrogens with zero attached hydrogens (tertiary/aromatic N) is 1. The summed E-state index contributed by atoms with van der Waals surface area (Å²) in [7, 11) is -2.26. The fraction of sp³-hybridized carbons (Fsp3) is 0.588. The van der Waals surface area contributed by atoms with Crippen LogP contribution in [0.15, 0.2) is 6.07 Å². The van der Waals surface area contributed by atoms with Crippen LogP contribution in [-0.4, -0.2) is 33.9 Å². The largest absolute Gasteiger partial charge is 1.00 e. The van der Waals surface area contributed by atoms with Gasteiger partial charge in [0.1, 0.15) is 0 Å². The molecule has 1 aromatic rings. The van der Waals surface area contributed by atoms with Crippen molar-refractivity contribution in [1.29, 1.82) is 0 Å². The summed E-state index contributed by atoms with van der Waals surface area (Å²) in [6, 6.07) is 1.47. The summed E-state index contributed by atoms with van der Waals surface area (Å²) in [5, 5.41) is 2.77. The molecule has 2 aliphatic rings. The van der Waals surface area contributed by atoms with Gasteiger partial charge in [-0.15, -0.1) is 0 Å². The quantitative estimate of drug-likeness (QED) is 0.545. The van der Waals surface area contributed by atoms with Crippen molar-refractivity contribution in [2.45, 2.75) is 44.9 Å². The number of benzene rings is 1. The third kappa shape index (κ3) is 5.28. The number of anilines is 1. The summed E-state index contributed by atoms with van der Waals surface area (Å²) < 4.78 is 32.0. The number of carbonyl (C=O) groups excluding carboxylic acids is 1. The molecule has 2 amide bonds. The molecule has 0 heterocycles. The Kier molecular flexibility index (Phi) is 7.94. The molecule has 0 saturated carbocycles. The Bertz CT molecular complexity index is 717. The first-order valence-electron chi connectivity index (χ1n) is 8.42. The van der Waals surface area contributed by atoms with E-state index >= 15 is 0 Å². The minimum atomic E-state index is -3.77. The molecular weight excluding hydrogens is 367 g/mol. The number of hydrogen-bond donors (Lipinski definition) is 1. The van der Waals surface area contributed by atoms with Crippen LogP contribution < -0.4 is 56.7 Å². The van der Waals surface area contributed by atoms with Gasteiger partial charge in [0.15, 0.2) is 16.1 Å². The van der Waals surface area contributed by atoms with Crippen molar-refractivity contribution in [2.75, 3.05) is 24.8 Å². The van der Waals surface area contributed by atoms with Gasteiger partial charge < -0.3 is 14.8 Å². The van der Waals surface area contributed by atoms with E-state index in [1.165, 1.54) is 18.2 Å². The topological polar surface area (TPSA) is 86.6 Å². The van der Waals surface area contributed by atoms with Crippen molar-refractivity contribution in [3.63, 3.8) is 0 Å². The zero-order chi connectivity index (χ0) is 17.2. The standard InChI is InChI=1S/C17H24N2O4S.K/c1-23-9-4-10-24(21,22)19-17(20)18-16-14-7-2-5-12(14)11-13-6-3-8-15(13)16;/h11H,2-10H2,1H3,(H2,18,19,20);/q;+1/p-1. The van der Waals surface area contributed by atoms with Gasteiger partial charge in [-0.25, -0.2) is 8.42 Å². The number of ether oxygens (including phenoxy) is 1. The molecule has 2 aliphatic carbocycles. The molecule has 0 aliphatic heterocycles. The SMILES string of the molecule is COCCCS(=O)(=O)[N-]C(=O)Nc1c2c(cc3c1CCC3)CCC2.[K+]. The number of hydrogen-bond acceptors (Lipinski definition) is 4. The monoisotopic (exact) mass is 390 g/mol. The Hall–Kier alpha value is 0.0364.